The summed E-state index contributed by atoms with van der Waals surface area (Å²) in [6.45, 7) is 6.93. The van der Waals surface area contributed by atoms with Gasteiger partial charge in [-0.3, -0.25) is 9.78 Å². The van der Waals surface area contributed by atoms with E-state index < -0.39 is 11.3 Å². The summed E-state index contributed by atoms with van der Waals surface area (Å²) in [4.78, 5) is 26.8. The fourth-order valence-electron chi connectivity index (χ4n) is 2.87. The molecule has 160 valence electrons. The quantitative estimate of drug-likeness (QED) is 0.334. The number of carbonyl (C=O) groups is 2. The summed E-state index contributed by atoms with van der Waals surface area (Å²) in [6, 6.07) is 7.14. The summed E-state index contributed by atoms with van der Waals surface area (Å²) in [5.74, 6) is -0.669. The van der Waals surface area contributed by atoms with E-state index in [1.807, 2.05) is 32.9 Å². The number of halogens is 3. The molecule has 5 nitrogen and oxygen atoms in total. The molecular weight excluding hydrogens is 493 g/mol. The van der Waals surface area contributed by atoms with Gasteiger partial charge in [0.2, 0.25) is 0 Å². The number of alkyl halides is 1. The van der Waals surface area contributed by atoms with Crippen molar-refractivity contribution in [3.05, 3.63) is 62.3 Å². The summed E-state index contributed by atoms with van der Waals surface area (Å²) in [7, 11) is 1.34. The van der Waals surface area contributed by atoms with Crippen LogP contribution in [0, 0.1) is 0 Å². The zero-order valence-electron chi connectivity index (χ0n) is 17.3. The third kappa shape index (κ3) is 6.30. The maximum atomic E-state index is 12.2. The first-order valence-corrected chi connectivity index (χ1v) is 10.6. The molecule has 2 aromatic rings. The topological polar surface area (TPSA) is 65.5 Å². The largest absolute Gasteiger partial charge is 0.465 e. The van der Waals surface area contributed by atoms with E-state index in [-0.39, 0.29) is 11.6 Å². The highest BCUT2D eigenvalue weighted by Gasteiger charge is 2.27. The minimum absolute atomic E-state index is 0.225. The van der Waals surface area contributed by atoms with Crippen molar-refractivity contribution in [3.8, 4) is 0 Å². The lowest BCUT2D eigenvalue weighted by Crippen LogP contribution is -2.21. The summed E-state index contributed by atoms with van der Waals surface area (Å²) < 4.78 is 10.5. The third-order valence-corrected chi connectivity index (χ3v) is 5.00. The van der Waals surface area contributed by atoms with Gasteiger partial charge in [-0.25, -0.2) is 4.79 Å². The van der Waals surface area contributed by atoms with Crippen LogP contribution in [-0.4, -0.2) is 29.6 Å². The number of fused-ring (bicyclic) bond motifs is 2. The summed E-state index contributed by atoms with van der Waals surface area (Å²) in [5.41, 5.74) is 2.97. The molecule has 1 aliphatic carbocycles. The van der Waals surface area contributed by atoms with Gasteiger partial charge in [0, 0.05) is 22.6 Å². The van der Waals surface area contributed by atoms with Crippen LogP contribution in [-0.2, 0) is 19.1 Å². The second-order valence-corrected chi connectivity index (χ2v) is 9.27. The SMILES string of the molecule is CC(=O)OC(C)(C)C.COC(=O)C1=Cc2cc(Br)cnc2C(Cl)c2ccc(Cl)cc21. The second kappa shape index (κ2) is 9.94. The van der Waals surface area contributed by atoms with Gasteiger partial charge in [-0.05, 0) is 77.7 Å². The molecule has 0 radical (unpaired) electrons. The lowest BCUT2D eigenvalue weighted by atomic mass is 9.98. The molecule has 8 heteroatoms. The molecule has 1 aromatic carbocycles. The van der Waals surface area contributed by atoms with Crippen molar-refractivity contribution < 1.29 is 19.1 Å². The van der Waals surface area contributed by atoms with Gasteiger partial charge < -0.3 is 9.47 Å². The monoisotopic (exact) mass is 513 g/mol. The van der Waals surface area contributed by atoms with E-state index in [0.29, 0.717) is 21.9 Å². The Kier molecular flexibility index (Phi) is 8.08. The van der Waals surface area contributed by atoms with Gasteiger partial charge in [-0.2, -0.15) is 0 Å². The fraction of sp³-hybridized carbons (Fsp3) is 0.318. The van der Waals surface area contributed by atoms with Gasteiger partial charge in [0.1, 0.15) is 11.0 Å². The number of rotatable bonds is 1. The van der Waals surface area contributed by atoms with Crippen LogP contribution in [0.2, 0.25) is 5.02 Å². The van der Waals surface area contributed by atoms with E-state index in [2.05, 4.69) is 20.9 Å². The van der Waals surface area contributed by atoms with E-state index in [9.17, 15) is 9.59 Å². The van der Waals surface area contributed by atoms with Crippen molar-refractivity contribution >= 4 is 62.7 Å². The Bertz CT molecular complexity index is 999. The molecule has 0 fully saturated rings. The molecule has 0 amide bonds. The molecule has 0 aliphatic heterocycles. The predicted molar refractivity (Wildman–Crippen MR) is 122 cm³/mol. The fourth-order valence-corrected chi connectivity index (χ4v) is 3.76. The molecule has 0 saturated heterocycles. The molecule has 1 aromatic heterocycles. The van der Waals surface area contributed by atoms with Gasteiger partial charge in [-0.1, -0.05) is 17.7 Å². The van der Waals surface area contributed by atoms with Crippen molar-refractivity contribution in [2.45, 2.75) is 38.7 Å². The van der Waals surface area contributed by atoms with Crippen LogP contribution in [0.4, 0.5) is 0 Å². The van der Waals surface area contributed by atoms with Crippen molar-refractivity contribution in [3.63, 3.8) is 0 Å². The summed E-state index contributed by atoms with van der Waals surface area (Å²) >= 11 is 16.1. The van der Waals surface area contributed by atoms with Crippen molar-refractivity contribution in [2.75, 3.05) is 7.11 Å². The highest BCUT2D eigenvalue weighted by atomic mass is 79.9. The number of nitrogens with zero attached hydrogens (tertiary/aromatic N) is 1. The predicted octanol–water partition coefficient (Wildman–Crippen LogP) is 6.20. The number of hydrogen-bond acceptors (Lipinski definition) is 5. The molecule has 1 heterocycles. The van der Waals surface area contributed by atoms with Crippen LogP contribution in [0.5, 0.6) is 0 Å². The average molecular weight is 515 g/mol. The Balaban J connectivity index is 0.000000343. The van der Waals surface area contributed by atoms with E-state index in [0.717, 1.165) is 15.6 Å². The van der Waals surface area contributed by atoms with E-state index in [1.54, 1.807) is 24.4 Å². The minimum Gasteiger partial charge on any atom is -0.465 e. The number of benzene rings is 1. The van der Waals surface area contributed by atoms with Crippen molar-refractivity contribution in [1.29, 1.82) is 0 Å². The van der Waals surface area contributed by atoms with Gasteiger partial charge in [0.15, 0.2) is 0 Å². The zero-order valence-corrected chi connectivity index (χ0v) is 20.4. The Hall–Kier alpha value is -1.89. The van der Waals surface area contributed by atoms with Crippen LogP contribution >= 0.6 is 39.1 Å². The summed E-state index contributed by atoms with van der Waals surface area (Å²) in [5, 5.41) is 0.0475. The van der Waals surface area contributed by atoms with Gasteiger partial charge in [0.05, 0.1) is 18.4 Å². The normalized spacial score (nSPS) is 14.8. The summed E-state index contributed by atoms with van der Waals surface area (Å²) in [6.07, 6.45) is 3.41. The second-order valence-electron chi connectivity index (χ2n) is 7.48. The third-order valence-electron chi connectivity index (χ3n) is 3.89. The highest BCUT2D eigenvalue weighted by molar-refractivity contribution is 9.10. The van der Waals surface area contributed by atoms with Crippen LogP contribution in [0.25, 0.3) is 11.6 Å². The molecular formula is C22H22BrCl2NO4. The van der Waals surface area contributed by atoms with Crippen LogP contribution in [0.3, 0.4) is 0 Å². The number of pyridine rings is 1. The van der Waals surface area contributed by atoms with Crippen LogP contribution in [0.1, 0.15) is 55.5 Å². The molecule has 30 heavy (non-hydrogen) atoms. The molecule has 0 bridgehead atoms. The van der Waals surface area contributed by atoms with Crippen molar-refractivity contribution in [1.82, 2.24) is 4.98 Å². The lowest BCUT2D eigenvalue weighted by Gasteiger charge is -2.17. The number of methoxy groups -OCH3 is 1. The Labute approximate surface area is 194 Å². The average Bonchev–Trinajstić information content (AvgIpc) is 2.74. The van der Waals surface area contributed by atoms with Crippen molar-refractivity contribution in [2.24, 2.45) is 0 Å². The maximum Gasteiger partial charge on any atom is 0.338 e. The lowest BCUT2D eigenvalue weighted by molar-refractivity contribution is -0.151. The van der Waals surface area contributed by atoms with Gasteiger partial charge >= 0.3 is 11.9 Å². The van der Waals surface area contributed by atoms with Gasteiger partial charge in [-0.15, -0.1) is 11.6 Å². The first-order valence-electron chi connectivity index (χ1n) is 9.02. The van der Waals surface area contributed by atoms with E-state index >= 15 is 0 Å². The standard InChI is InChI=1S/C16H10BrCl2NO2.C6H12O2/c1-22-16(21)13-5-8-4-9(17)7-20-15(8)14(19)11-3-2-10(18)6-12(11)13;1-5(7)8-6(2,3)4/h2-7,14H,1H3;1-4H3. The van der Waals surface area contributed by atoms with E-state index in [1.165, 1.54) is 14.0 Å². The zero-order chi connectivity index (χ0) is 22.6. The van der Waals surface area contributed by atoms with E-state index in [4.69, 9.17) is 32.7 Å². The number of hydrogen-bond donors (Lipinski definition) is 0. The number of esters is 2. The molecule has 1 atom stereocenters. The number of ether oxygens (including phenoxy) is 2. The molecule has 1 unspecified atom stereocenters. The molecule has 0 N–H and O–H groups in total. The number of aromatic nitrogens is 1. The Morgan fingerprint density at radius 3 is 2.40 bits per heavy atom. The van der Waals surface area contributed by atoms with Crippen LogP contribution in [0.15, 0.2) is 34.9 Å². The maximum absolute atomic E-state index is 12.2. The van der Waals surface area contributed by atoms with Gasteiger partial charge in [0.25, 0.3) is 0 Å². The molecule has 0 saturated carbocycles. The molecule has 3 rings (SSSR count). The Morgan fingerprint density at radius 2 is 1.87 bits per heavy atom. The van der Waals surface area contributed by atoms with Crippen LogP contribution < -0.4 is 0 Å². The minimum atomic E-state index is -0.478. The Morgan fingerprint density at radius 1 is 1.20 bits per heavy atom. The smallest absolute Gasteiger partial charge is 0.338 e. The highest BCUT2D eigenvalue weighted by Crippen LogP contribution is 2.41. The first-order chi connectivity index (χ1) is 13.9. The number of carbonyl (C=O) groups excluding carboxylic acids is 2. The first kappa shape index (κ1) is 24.4. The molecule has 1 aliphatic rings. The molecule has 0 spiro atoms.